The molecule has 0 amide bonds. The van der Waals surface area contributed by atoms with E-state index in [1.807, 2.05) is 0 Å². The smallest absolute Gasteiger partial charge is 0.308 e. The van der Waals surface area contributed by atoms with Crippen molar-refractivity contribution in [2.75, 3.05) is 13.6 Å². The van der Waals surface area contributed by atoms with Crippen molar-refractivity contribution in [3.8, 4) is 0 Å². The fourth-order valence-corrected chi connectivity index (χ4v) is 1.83. The summed E-state index contributed by atoms with van der Waals surface area (Å²) in [5.74, 6) is -3.62. The summed E-state index contributed by atoms with van der Waals surface area (Å²) in [6.45, 7) is 0.458. The number of carbonyl (C=O) groups is 2. The molecule has 1 atom stereocenters. The minimum absolute atomic E-state index is 0.0954. The number of aliphatic carboxylic acids is 2. The number of hydrogen-bond donors (Lipinski definition) is 2. The van der Waals surface area contributed by atoms with E-state index in [4.69, 9.17) is 10.2 Å². The van der Waals surface area contributed by atoms with E-state index < -0.39 is 24.3 Å². The van der Waals surface area contributed by atoms with Gasteiger partial charge in [0.05, 0.1) is 12.3 Å². The summed E-state index contributed by atoms with van der Waals surface area (Å²) in [7, 11) is 1.67. The highest BCUT2D eigenvalue weighted by Gasteiger charge is 2.22. The number of rotatable bonds is 7. The molecular weight excluding hydrogens is 253 g/mol. The summed E-state index contributed by atoms with van der Waals surface area (Å²) in [4.78, 5) is 23.2. The molecule has 0 bridgehead atoms. The highest BCUT2D eigenvalue weighted by molar-refractivity contribution is 5.77. The molecular formula is C13H16FNO4. The van der Waals surface area contributed by atoms with Gasteiger partial charge in [-0.15, -0.1) is 0 Å². The van der Waals surface area contributed by atoms with Crippen molar-refractivity contribution in [3.63, 3.8) is 0 Å². The van der Waals surface area contributed by atoms with Crippen molar-refractivity contribution in [3.05, 3.63) is 35.6 Å². The lowest BCUT2D eigenvalue weighted by atomic mass is 10.1. The van der Waals surface area contributed by atoms with E-state index in [9.17, 15) is 14.0 Å². The van der Waals surface area contributed by atoms with Gasteiger partial charge in [0, 0.05) is 13.1 Å². The largest absolute Gasteiger partial charge is 0.481 e. The van der Waals surface area contributed by atoms with Gasteiger partial charge in [0.15, 0.2) is 0 Å². The molecule has 19 heavy (non-hydrogen) atoms. The van der Waals surface area contributed by atoms with Crippen LogP contribution in [0.3, 0.4) is 0 Å². The first-order chi connectivity index (χ1) is 8.88. The second kappa shape index (κ2) is 6.84. The van der Waals surface area contributed by atoms with Crippen molar-refractivity contribution in [1.82, 2.24) is 4.90 Å². The molecule has 0 aromatic heterocycles. The molecule has 0 aliphatic carbocycles. The van der Waals surface area contributed by atoms with Gasteiger partial charge in [-0.3, -0.25) is 9.59 Å². The van der Waals surface area contributed by atoms with E-state index in [1.54, 1.807) is 24.1 Å². The van der Waals surface area contributed by atoms with Gasteiger partial charge in [-0.1, -0.05) is 12.1 Å². The van der Waals surface area contributed by atoms with E-state index >= 15 is 0 Å². The molecule has 0 spiro atoms. The first-order valence-corrected chi connectivity index (χ1v) is 5.76. The van der Waals surface area contributed by atoms with Gasteiger partial charge in [0.25, 0.3) is 0 Å². The van der Waals surface area contributed by atoms with E-state index in [0.29, 0.717) is 12.1 Å². The van der Waals surface area contributed by atoms with Crippen LogP contribution in [0.2, 0.25) is 0 Å². The fourth-order valence-electron chi connectivity index (χ4n) is 1.83. The van der Waals surface area contributed by atoms with Crippen LogP contribution in [0.1, 0.15) is 12.0 Å². The highest BCUT2D eigenvalue weighted by atomic mass is 19.1. The Kier molecular flexibility index (Phi) is 5.44. The molecule has 1 unspecified atom stereocenters. The summed E-state index contributed by atoms with van der Waals surface area (Å²) in [5.41, 5.74) is 0.710. The van der Waals surface area contributed by atoms with Gasteiger partial charge in [-0.2, -0.15) is 0 Å². The molecule has 0 aliphatic heterocycles. The third kappa shape index (κ3) is 5.48. The minimum atomic E-state index is -1.15. The standard InChI is InChI=1S/C13H16FNO4/c1-15(7-9-3-2-4-11(14)5-9)8-10(13(18)19)6-12(16)17/h2-5,10H,6-8H2,1H3,(H,16,17)(H,18,19). The zero-order valence-corrected chi connectivity index (χ0v) is 10.5. The van der Waals surface area contributed by atoms with Crippen molar-refractivity contribution in [2.24, 2.45) is 5.92 Å². The Morgan fingerprint density at radius 3 is 2.58 bits per heavy atom. The summed E-state index contributed by atoms with van der Waals surface area (Å²) >= 11 is 0. The van der Waals surface area contributed by atoms with Crippen LogP contribution in [-0.4, -0.2) is 40.6 Å². The first kappa shape index (κ1) is 15.1. The number of hydrogen-bond acceptors (Lipinski definition) is 3. The molecule has 0 fully saturated rings. The van der Waals surface area contributed by atoms with Crippen molar-refractivity contribution >= 4 is 11.9 Å². The molecule has 2 N–H and O–H groups in total. The van der Waals surface area contributed by atoms with Gasteiger partial charge in [-0.05, 0) is 24.7 Å². The van der Waals surface area contributed by atoms with Crippen LogP contribution in [-0.2, 0) is 16.1 Å². The minimum Gasteiger partial charge on any atom is -0.481 e. The Hall–Kier alpha value is -1.95. The Morgan fingerprint density at radius 2 is 2.05 bits per heavy atom. The molecule has 1 aromatic carbocycles. The second-order valence-electron chi connectivity index (χ2n) is 4.46. The average molecular weight is 269 g/mol. The van der Waals surface area contributed by atoms with Gasteiger partial charge < -0.3 is 15.1 Å². The van der Waals surface area contributed by atoms with Gasteiger partial charge in [0.1, 0.15) is 5.82 Å². The summed E-state index contributed by atoms with van der Waals surface area (Å²) in [5, 5.41) is 17.6. The predicted molar refractivity (Wildman–Crippen MR) is 66.1 cm³/mol. The van der Waals surface area contributed by atoms with Crippen LogP contribution in [0, 0.1) is 11.7 Å². The second-order valence-corrected chi connectivity index (χ2v) is 4.46. The first-order valence-electron chi connectivity index (χ1n) is 5.76. The normalized spacial score (nSPS) is 12.4. The number of carboxylic acids is 2. The van der Waals surface area contributed by atoms with Crippen LogP contribution in [0.4, 0.5) is 4.39 Å². The molecule has 0 radical (unpaired) electrons. The molecule has 0 saturated heterocycles. The van der Waals surface area contributed by atoms with E-state index in [-0.39, 0.29) is 12.4 Å². The molecule has 1 aromatic rings. The van der Waals surface area contributed by atoms with Crippen LogP contribution in [0.25, 0.3) is 0 Å². The maximum Gasteiger partial charge on any atom is 0.308 e. The third-order valence-corrected chi connectivity index (χ3v) is 2.64. The van der Waals surface area contributed by atoms with Crippen LogP contribution >= 0.6 is 0 Å². The van der Waals surface area contributed by atoms with Gasteiger partial charge in [0.2, 0.25) is 0 Å². The van der Waals surface area contributed by atoms with Gasteiger partial charge in [-0.25, -0.2) is 4.39 Å². The lowest BCUT2D eigenvalue weighted by Crippen LogP contribution is -2.31. The van der Waals surface area contributed by atoms with Crippen molar-refractivity contribution < 1.29 is 24.2 Å². The topological polar surface area (TPSA) is 77.8 Å². The monoisotopic (exact) mass is 269 g/mol. The number of halogens is 1. The number of nitrogens with zero attached hydrogens (tertiary/aromatic N) is 1. The van der Waals surface area contributed by atoms with Crippen LogP contribution < -0.4 is 0 Å². The SMILES string of the molecule is CN(Cc1cccc(F)c1)CC(CC(=O)O)C(=O)O. The molecule has 104 valence electrons. The zero-order chi connectivity index (χ0) is 14.4. The molecule has 5 nitrogen and oxygen atoms in total. The Balaban J connectivity index is 2.59. The molecule has 6 heteroatoms. The zero-order valence-electron chi connectivity index (χ0n) is 10.5. The fraction of sp³-hybridized carbons (Fsp3) is 0.385. The lowest BCUT2D eigenvalue weighted by molar-refractivity contribution is -0.148. The van der Waals surface area contributed by atoms with Gasteiger partial charge >= 0.3 is 11.9 Å². The summed E-state index contributed by atoms with van der Waals surface area (Å²) < 4.78 is 13.0. The van der Waals surface area contributed by atoms with Crippen LogP contribution in [0.5, 0.6) is 0 Å². The summed E-state index contributed by atoms with van der Waals surface area (Å²) in [6.07, 6.45) is -0.428. The third-order valence-electron chi connectivity index (χ3n) is 2.64. The maximum atomic E-state index is 13.0. The Morgan fingerprint density at radius 1 is 1.37 bits per heavy atom. The quantitative estimate of drug-likeness (QED) is 0.783. The van der Waals surface area contributed by atoms with E-state index in [0.717, 1.165) is 0 Å². The highest BCUT2D eigenvalue weighted by Crippen LogP contribution is 2.10. The maximum absolute atomic E-state index is 13.0. The molecule has 1 rings (SSSR count). The average Bonchev–Trinajstić information content (AvgIpc) is 2.27. The van der Waals surface area contributed by atoms with Crippen molar-refractivity contribution in [1.29, 1.82) is 0 Å². The van der Waals surface area contributed by atoms with E-state index in [1.165, 1.54) is 12.1 Å². The molecule has 0 aliphatic rings. The number of carboxylic acid groups (broad SMARTS) is 2. The van der Waals surface area contributed by atoms with Crippen LogP contribution in [0.15, 0.2) is 24.3 Å². The predicted octanol–water partition coefficient (Wildman–Crippen LogP) is 1.43. The van der Waals surface area contributed by atoms with Crippen molar-refractivity contribution in [2.45, 2.75) is 13.0 Å². The Bertz CT molecular complexity index is 464. The molecule has 0 heterocycles. The summed E-state index contributed by atoms with van der Waals surface area (Å²) in [6, 6.07) is 5.99. The van der Waals surface area contributed by atoms with E-state index in [2.05, 4.69) is 0 Å². The number of benzene rings is 1. The lowest BCUT2D eigenvalue weighted by Gasteiger charge is -2.20. The molecule has 0 saturated carbocycles. The Labute approximate surface area is 110 Å².